The number of rotatable bonds is 7. The molecule has 1 aliphatic rings. The van der Waals surface area contributed by atoms with Crippen LogP contribution in [0.15, 0.2) is 34.0 Å². The molecular weight excluding hydrogens is 428 g/mol. The number of nitrogens with zero attached hydrogens (tertiary/aromatic N) is 1. The van der Waals surface area contributed by atoms with E-state index < -0.39 is 36.7 Å². The molecule has 0 saturated heterocycles. The number of aryl methyl sites for hydroxylation is 1. The highest BCUT2D eigenvalue weighted by Gasteiger charge is 2.55. The lowest BCUT2D eigenvalue weighted by Gasteiger charge is -2.34. The van der Waals surface area contributed by atoms with Crippen LogP contribution in [0.4, 0.5) is 4.39 Å². The summed E-state index contributed by atoms with van der Waals surface area (Å²) in [6.07, 6.45) is 5.43. The van der Waals surface area contributed by atoms with Gasteiger partial charge in [-0.15, -0.1) is 10.9 Å². The van der Waals surface area contributed by atoms with Crippen molar-refractivity contribution >= 4 is 23.9 Å². The third-order valence-electron chi connectivity index (χ3n) is 4.48. The van der Waals surface area contributed by atoms with Crippen molar-refractivity contribution in [1.82, 2.24) is 9.55 Å². The van der Waals surface area contributed by atoms with Gasteiger partial charge in [0.05, 0.1) is 11.5 Å². The molecule has 1 aromatic carbocycles. The van der Waals surface area contributed by atoms with Crippen LogP contribution in [0.3, 0.4) is 0 Å². The summed E-state index contributed by atoms with van der Waals surface area (Å²) in [5, 5.41) is -2.10. The third kappa shape index (κ3) is 5.26. The minimum absolute atomic E-state index is 0.00298. The first-order chi connectivity index (χ1) is 14.6. The highest BCUT2D eigenvalue weighted by atomic mass is 31.2. The zero-order chi connectivity index (χ0) is 22.8. The van der Waals surface area contributed by atoms with E-state index >= 15 is 0 Å². The van der Waals surface area contributed by atoms with Gasteiger partial charge in [-0.25, -0.2) is 9.18 Å². The van der Waals surface area contributed by atoms with Gasteiger partial charge in [-0.2, -0.15) is 9.42 Å². The van der Waals surface area contributed by atoms with Crippen LogP contribution in [0.25, 0.3) is 0 Å². The predicted molar refractivity (Wildman–Crippen MR) is 111 cm³/mol. The van der Waals surface area contributed by atoms with Gasteiger partial charge in [0.15, 0.2) is 5.75 Å². The first-order valence-corrected chi connectivity index (χ1v) is 10.4. The second-order valence-electron chi connectivity index (χ2n) is 6.68. The Balaban J connectivity index is 1.73. The Labute approximate surface area is 180 Å². The molecule has 9 nitrogen and oxygen atoms in total. The van der Waals surface area contributed by atoms with Crippen LogP contribution < -0.4 is 15.8 Å². The zero-order valence-corrected chi connectivity index (χ0v) is 17.3. The lowest BCUT2D eigenvalue weighted by molar-refractivity contribution is -0.0179. The van der Waals surface area contributed by atoms with Crippen molar-refractivity contribution in [3.05, 3.63) is 62.2 Å². The van der Waals surface area contributed by atoms with Crippen LogP contribution in [0.5, 0.6) is 5.75 Å². The summed E-state index contributed by atoms with van der Waals surface area (Å²) in [6, 6.07) is 3.66. The van der Waals surface area contributed by atoms with E-state index in [1.807, 2.05) is 0 Å². The lowest BCUT2D eigenvalue weighted by atomic mass is 9.61. The Morgan fingerprint density at radius 2 is 2.23 bits per heavy atom. The summed E-state index contributed by atoms with van der Waals surface area (Å²) < 4.78 is 35.7. The van der Waals surface area contributed by atoms with Gasteiger partial charge in [-0.1, -0.05) is 5.92 Å². The molecule has 1 aromatic heterocycles. The molecule has 0 spiro atoms. The van der Waals surface area contributed by atoms with E-state index in [9.17, 15) is 18.9 Å². The Morgan fingerprint density at radius 3 is 2.90 bits per heavy atom. The number of ether oxygens (including phenoxy) is 1. The van der Waals surface area contributed by atoms with Crippen molar-refractivity contribution < 1.29 is 27.6 Å². The van der Waals surface area contributed by atoms with Crippen LogP contribution in [0.2, 0.25) is 0 Å². The van der Waals surface area contributed by atoms with Gasteiger partial charge >= 0.3 is 13.9 Å². The highest BCUT2D eigenvalue weighted by molar-refractivity contribution is 7.56. The molecule has 1 aliphatic heterocycles. The number of methoxy groups -OCH3 is 1. The van der Waals surface area contributed by atoms with Crippen LogP contribution in [-0.4, -0.2) is 48.8 Å². The van der Waals surface area contributed by atoms with E-state index in [1.165, 1.54) is 25.4 Å². The fourth-order valence-electron chi connectivity index (χ4n) is 2.92. The largest absolute Gasteiger partial charge is 0.618 e. The summed E-state index contributed by atoms with van der Waals surface area (Å²) in [5.74, 6) is 1.84. The fraction of sp³-hybridized carbons (Fsp3) is 0.333. The van der Waals surface area contributed by atoms with Gasteiger partial charge < -0.3 is 4.74 Å². The molecule has 13 heteroatoms. The molecule has 0 amide bonds. The first kappa shape index (κ1) is 23.3. The normalized spacial score (nSPS) is 19.2. The summed E-state index contributed by atoms with van der Waals surface area (Å²) in [7, 11) is 9.31. The first-order valence-electron chi connectivity index (χ1n) is 8.93. The van der Waals surface area contributed by atoms with Gasteiger partial charge in [0, 0.05) is 25.4 Å². The summed E-state index contributed by atoms with van der Waals surface area (Å²) >= 11 is 0. The smallest absolute Gasteiger partial charge is 0.380 e. The number of hydrogen-bond acceptors (Lipinski definition) is 7. The van der Waals surface area contributed by atoms with E-state index in [0.717, 1.165) is 10.6 Å². The number of H-pyrrole nitrogens is 1. The highest BCUT2D eigenvalue weighted by Crippen LogP contribution is 2.63. The number of halogens is 1. The molecule has 158 valence electrons. The van der Waals surface area contributed by atoms with Gasteiger partial charge in [-0.3, -0.25) is 18.9 Å². The molecule has 31 heavy (non-hydrogen) atoms. The van der Waals surface area contributed by atoms with Crippen molar-refractivity contribution in [3.8, 4) is 18.1 Å². The fourth-order valence-corrected chi connectivity index (χ4v) is 4.31. The Hall–Kier alpha value is -2.41. The summed E-state index contributed by atoms with van der Waals surface area (Å²) in [4.78, 5) is 36.3. The molecular formula is C18H17B2FN2O7P+. The molecule has 0 saturated carbocycles. The number of hydrogen-bond donors (Lipinski definition) is 2. The van der Waals surface area contributed by atoms with Gasteiger partial charge in [-0.05, 0) is 24.6 Å². The Kier molecular flexibility index (Phi) is 6.74. The van der Waals surface area contributed by atoms with Gasteiger partial charge in [0.1, 0.15) is 33.7 Å². The average molecular weight is 445 g/mol. The molecule has 0 bridgehead atoms. The summed E-state index contributed by atoms with van der Waals surface area (Å²) in [5.41, 5.74) is -1.02. The molecule has 2 aromatic rings. The molecule has 3 rings (SSSR count). The van der Waals surface area contributed by atoms with E-state index in [1.54, 1.807) is 0 Å². The van der Waals surface area contributed by atoms with Crippen LogP contribution >= 0.6 is 8.17 Å². The van der Waals surface area contributed by atoms with Crippen molar-refractivity contribution in [2.75, 3.05) is 7.11 Å². The quantitative estimate of drug-likeness (QED) is 0.360. The summed E-state index contributed by atoms with van der Waals surface area (Å²) in [6.45, 7) is -0.185. The van der Waals surface area contributed by atoms with Crippen molar-refractivity contribution in [2.24, 2.45) is 0 Å². The molecule has 2 N–H and O–H groups in total. The number of fused-ring (bicyclic) bond motifs is 1. The van der Waals surface area contributed by atoms with Crippen LogP contribution in [0, 0.1) is 18.2 Å². The van der Waals surface area contributed by atoms with Gasteiger partial charge in [0.2, 0.25) is 0 Å². The Bertz CT molecular complexity index is 1130. The molecule has 2 heterocycles. The van der Waals surface area contributed by atoms with E-state index in [0.29, 0.717) is 5.56 Å². The lowest BCUT2D eigenvalue weighted by Crippen LogP contribution is -2.48. The van der Waals surface area contributed by atoms with Gasteiger partial charge in [0.25, 0.3) is 5.56 Å². The maximum absolute atomic E-state index is 13.3. The number of aromatic nitrogens is 2. The molecule has 2 unspecified atom stereocenters. The number of nitrogens with one attached hydrogen (secondary N) is 1. The van der Waals surface area contributed by atoms with Crippen molar-refractivity contribution in [3.63, 3.8) is 0 Å². The topological polar surface area (TPSA) is 112 Å². The monoisotopic (exact) mass is 445 g/mol. The van der Waals surface area contributed by atoms with Crippen molar-refractivity contribution in [1.29, 1.82) is 0 Å². The van der Waals surface area contributed by atoms with Crippen LogP contribution in [0.1, 0.15) is 17.5 Å². The molecule has 0 aliphatic carbocycles. The zero-order valence-electron chi connectivity index (χ0n) is 16.4. The minimum atomic E-state index is -4.02. The SMILES string of the molecule is [B]C([B])(O[P+]1(O)OCc2cc(F)ccc2O1)C(CCn1cc(C#C)c(=O)[nH]c1=O)OC. The molecule has 0 fully saturated rings. The molecule has 4 radical (unpaired) electrons. The Morgan fingerprint density at radius 1 is 1.48 bits per heavy atom. The minimum Gasteiger partial charge on any atom is -0.380 e. The average Bonchev–Trinajstić information content (AvgIpc) is 2.69. The second-order valence-corrected chi connectivity index (χ2v) is 8.24. The predicted octanol–water partition coefficient (Wildman–Crippen LogP) is 0.349. The maximum atomic E-state index is 13.3. The maximum Gasteiger partial charge on any atom is 0.618 e. The van der Waals surface area contributed by atoms with E-state index in [-0.39, 0.29) is 30.9 Å². The standard InChI is InChI=1S/C18H16B2FN2O7P/c1-3-11-9-23(17(25)22-16(11)24)7-6-15(27-2)18(19,20)30-31(26)28-10-12-8-13(21)4-5-14(12)29-31/h1,4-5,8-9,15,26H,6-7,10H2,2H3/p+1. The van der Waals surface area contributed by atoms with Crippen LogP contribution in [-0.2, 0) is 26.9 Å². The number of benzene rings is 1. The third-order valence-corrected chi connectivity index (χ3v) is 5.91. The van der Waals surface area contributed by atoms with Crippen molar-refractivity contribution in [2.45, 2.75) is 31.1 Å². The number of terminal acetylenes is 1. The second kappa shape index (κ2) is 8.99. The number of aromatic amines is 1. The molecule has 2 atom stereocenters. The van der Waals surface area contributed by atoms with E-state index in [4.69, 9.17) is 40.4 Å². The van der Waals surface area contributed by atoms with E-state index in [2.05, 4.69) is 10.9 Å².